The van der Waals surface area contributed by atoms with Crippen LogP contribution in [0.2, 0.25) is 0 Å². The normalized spacial score (nSPS) is 12.9. The molecule has 3 rings (SSSR count). The Balaban J connectivity index is 2.39. The molecule has 3 aromatic rings. The van der Waals surface area contributed by atoms with Gasteiger partial charge in [-0.2, -0.15) is 0 Å². The molecule has 1 unspecified atom stereocenters. The molecule has 0 fully saturated rings. The summed E-state index contributed by atoms with van der Waals surface area (Å²) in [4.78, 5) is 15.3. The van der Waals surface area contributed by atoms with E-state index in [2.05, 4.69) is 29.3 Å². The highest BCUT2D eigenvalue weighted by Gasteiger charge is 2.18. The summed E-state index contributed by atoms with van der Waals surface area (Å²) >= 11 is 1.66. The fourth-order valence-corrected chi connectivity index (χ4v) is 4.10. The highest BCUT2D eigenvalue weighted by Crippen LogP contribution is 2.35. The van der Waals surface area contributed by atoms with Gasteiger partial charge in [0.05, 0.1) is 10.4 Å². The molecular weight excluding hydrogens is 318 g/mol. The van der Waals surface area contributed by atoms with Gasteiger partial charge in [0.1, 0.15) is 0 Å². The quantitative estimate of drug-likeness (QED) is 0.698. The smallest absolute Gasteiger partial charge is 0.196 e. The fraction of sp³-hybridized carbons (Fsp3) is 0.316. The van der Waals surface area contributed by atoms with Crippen molar-refractivity contribution in [3.05, 3.63) is 52.2 Å². The monoisotopic (exact) mass is 341 g/mol. The Kier molecular flexibility index (Phi) is 4.85. The Morgan fingerprint density at radius 1 is 1.21 bits per heavy atom. The number of nitrogens with zero attached hydrogens (tertiary/aromatic N) is 1. The van der Waals surface area contributed by atoms with Crippen molar-refractivity contribution in [1.82, 2.24) is 4.90 Å². The van der Waals surface area contributed by atoms with Crippen molar-refractivity contribution in [2.24, 2.45) is 5.73 Å². The molecule has 126 valence electrons. The van der Waals surface area contributed by atoms with E-state index in [1.165, 1.54) is 0 Å². The minimum atomic E-state index is 0.111. The molecule has 0 aliphatic heterocycles. The Morgan fingerprint density at radius 3 is 2.67 bits per heavy atom. The van der Waals surface area contributed by atoms with Crippen LogP contribution in [-0.4, -0.2) is 32.1 Å². The first-order valence-corrected chi connectivity index (χ1v) is 8.95. The van der Waals surface area contributed by atoms with Crippen LogP contribution in [0.3, 0.4) is 0 Å². The third kappa shape index (κ3) is 2.90. The highest BCUT2D eigenvalue weighted by molar-refractivity contribution is 7.25. The largest absolute Gasteiger partial charge is 0.383 e. The summed E-state index contributed by atoms with van der Waals surface area (Å²) in [6, 6.07) is 12.1. The Hall–Kier alpha value is -1.95. The fourth-order valence-electron chi connectivity index (χ4n) is 2.90. The predicted molar refractivity (Wildman–Crippen MR) is 105 cm³/mol. The molecule has 4 nitrogen and oxygen atoms in total. The van der Waals surface area contributed by atoms with Crippen LogP contribution in [-0.2, 0) is 0 Å². The van der Waals surface area contributed by atoms with E-state index in [9.17, 15) is 4.79 Å². The van der Waals surface area contributed by atoms with Gasteiger partial charge in [-0.3, -0.25) is 4.79 Å². The van der Waals surface area contributed by atoms with Gasteiger partial charge in [0.15, 0.2) is 5.43 Å². The summed E-state index contributed by atoms with van der Waals surface area (Å²) in [6.45, 7) is 3.37. The van der Waals surface area contributed by atoms with Crippen LogP contribution >= 0.6 is 11.3 Å². The van der Waals surface area contributed by atoms with Gasteiger partial charge in [-0.25, -0.2) is 0 Å². The zero-order valence-corrected chi connectivity index (χ0v) is 15.1. The standard InChI is InChI=1S/C19H23N3OS/c1-12(22(2)3)13-8-9-15(21-11-10-20)19-17(13)18(23)14-6-4-5-7-16(14)24-19/h4-9,12,21H,10-11,20H2,1-3H3. The average Bonchev–Trinajstić information content (AvgIpc) is 2.59. The molecule has 1 heterocycles. The molecule has 0 aliphatic rings. The first kappa shape index (κ1) is 16.9. The number of hydrogen-bond donors (Lipinski definition) is 2. The molecule has 0 saturated carbocycles. The lowest BCUT2D eigenvalue weighted by Crippen LogP contribution is -2.19. The van der Waals surface area contributed by atoms with Crippen molar-refractivity contribution in [3.63, 3.8) is 0 Å². The summed E-state index contributed by atoms with van der Waals surface area (Å²) in [6.07, 6.45) is 0. The zero-order chi connectivity index (χ0) is 17.3. The number of fused-ring (bicyclic) bond motifs is 2. The molecule has 3 N–H and O–H groups in total. The van der Waals surface area contributed by atoms with Crippen LogP contribution in [0.1, 0.15) is 18.5 Å². The molecular formula is C19H23N3OS. The van der Waals surface area contributed by atoms with Crippen LogP contribution in [0.5, 0.6) is 0 Å². The van der Waals surface area contributed by atoms with Crippen LogP contribution in [0, 0.1) is 0 Å². The first-order chi connectivity index (χ1) is 11.5. The van der Waals surface area contributed by atoms with Gasteiger partial charge < -0.3 is 16.0 Å². The molecule has 24 heavy (non-hydrogen) atoms. The van der Waals surface area contributed by atoms with Crippen molar-refractivity contribution < 1.29 is 0 Å². The lowest BCUT2D eigenvalue weighted by Gasteiger charge is -2.22. The third-order valence-corrected chi connectivity index (χ3v) is 5.65. The third-order valence-electron chi connectivity index (χ3n) is 4.45. The number of rotatable bonds is 5. The molecule has 1 atom stereocenters. The number of anilines is 1. The zero-order valence-electron chi connectivity index (χ0n) is 14.3. The van der Waals surface area contributed by atoms with Crippen molar-refractivity contribution in [3.8, 4) is 0 Å². The van der Waals surface area contributed by atoms with Crippen molar-refractivity contribution in [1.29, 1.82) is 0 Å². The van der Waals surface area contributed by atoms with E-state index in [1.807, 2.05) is 38.4 Å². The van der Waals surface area contributed by atoms with E-state index in [0.29, 0.717) is 13.1 Å². The number of nitrogens with one attached hydrogen (secondary N) is 1. The molecule has 0 aliphatic carbocycles. The molecule has 2 aromatic carbocycles. The first-order valence-electron chi connectivity index (χ1n) is 8.13. The van der Waals surface area contributed by atoms with E-state index in [4.69, 9.17) is 5.73 Å². The topological polar surface area (TPSA) is 58.4 Å². The van der Waals surface area contributed by atoms with E-state index in [1.54, 1.807) is 11.3 Å². The minimum absolute atomic E-state index is 0.111. The average molecular weight is 341 g/mol. The predicted octanol–water partition coefficient (Wildman–Crippen LogP) is 3.41. The summed E-state index contributed by atoms with van der Waals surface area (Å²) < 4.78 is 2.03. The summed E-state index contributed by atoms with van der Waals surface area (Å²) in [5.74, 6) is 0. The summed E-state index contributed by atoms with van der Waals surface area (Å²) in [7, 11) is 4.07. The summed E-state index contributed by atoms with van der Waals surface area (Å²) in [5.41, 5.74) is 7.80. The number of hydrogen-bond acceptors (Lipinski definition) is 5. The summed E-state index contributed by atoms with van der Waals surface area (Å²) in [5, 5.41) is 4.97. The van der Waals surface area contributed by atoms with E-state index in [-0.39, 0.29) is 11.5 Å². The second-order valence-corrected chi connectivity index (χ2v) is 7.24. The maximum absolute atomic E-state index is 13.2. The Labute approximate surface area is 145 Å². The van der Waals surface area contributed by atoms with Crippen LogP contribution in [0.15, 0.2) is 41.2 Å². The van der Waals surface area contributed by atoms with E-state index >= 15 is 0 Å². The van der Waals surface area contributed by atoms with Gasteiger partial charge in [0.2, 0.25) is 0 Å². The lowest BCUT2D eigenvalue weighted by atomic mass is 10.0. The second-order valence-electron chi connectivity index (χ2n) is 6.19. The van der Waals surface area contributed by atoms with E-state index < -0.39 is 0 Å². The molecule has 0 bridgehead atoms. The van der Waals surface area contributed by atoms with Crippen molar-refractivity contribution in [2.75, 3.05) is 32.5 Å². The maximum atomic E-state index is 13.2. The molecule has 0 radical (unpaired) electrons. The van der Waals surface area contributed by atoms with Gasteiger partial charge in [0, 0.05) is 34.6 Å². The second kappa shape index (κ2) is 6.89. The molecule has 0 saturated heterocycles. The molecule has 5 heteroatoms. The van der Waals surface area contributed by atoms with Crippen molar-refractivity contribution in [2.45, 2.75) is 13.0 Å². The van der Waals surface area contributed by atoms with E-state index in [0.717, 1.165) is 31.4 Å². The minimum Gasteiger partial charge on any atom is -0.383 e. The Morgan fingerprint density at radius 2 is 1.96 bits per heavy atom. The molecule has 1 aromatic heterocycles. The van der Waals surface area contributed by atoms with Gasteiger partial charge in [-0.15, -0.1) is 11.3 Å². The van der Waals surface area contributed by atoms with Crippen LogP contribution in [0.25, 0.3) is 20.2 Å². The Bertz CT molecular complexity index is 933. The maximum Gasteiger partial charge on any atom is 0.196 e. The van der Waals surface area contributed by atoms with Gasteiger partial charge in [-0.05, 0) is 44.8 Å². The molecule has 0 amide bonds. The van der Waals surface area contributed by atoms with Crippen LogP contribution < -0.4 is 16.5 Å². The number of nitrogens with two attached hydrogens (primary N) is 1. The molecule has 0 spiro atoms. The number of benzene rings is 2. The lowest BCUT2D eigenvalue weighted by molar-refractivity contribution is 0.323. The van der Waals surface area contributed by atoms with Gasteiger partial charge in [0.25, 0.3) is 0 Å². The SMILES string of the molecule is CC(c1ccc(NCCN)c2sc3ccccc3c(=O)c12)N(C)C. The van der Waals surface area contributed by atoms with Gasteiger partial charge >= 0.3 is 0 Å². The van der Waals surface area contributed by atoms with Crippen LogP contribution in [0.4, 0.5) is 5.69 Å². The highest BCUT2D eigenvalue weighted by atomic mass is 32.1. The van der Waals surface area contributed by atoms with Crippen molar-refractivity contribution >= 4 is 37.2 Å². The van der Waals surface area contributed by atoms with Gasteiger partial charge in [-0.1, -0.05) is 18.2 Å².